The van der Waals surface area contributed by atoms with Crippen molar-refractivity contribution in [2.24, 2.45) is 5.92 Å². The molecule has 1 fully saturated rings. The van der Waals surface area contributed by atoms with Crippen molar-refractivity contribution in [2.45, 2.75) is 37.9 Å². The van der Waals surface area contributed by atoms with Crippen molar-refractivity contribution < 1.29 is 0 Å². The van der Waals surface area contributed by atoms with E-state index in [0.717, 1.165) is 17.4 Å². The van der Waals surface area contributed by atoms with E-state index in [2.05, 4.69) is 80.7 Å². The zero-order valence-electron chi connectivity index (χ0n) is 12.7. The van der Waals surface area contributed by atoms with Crippen LogP contribution in [0.5, 0.6) is 0 Å². The van der Waals surface area contributed by atoms with E-state index >= 15 is 0 Å². The van der Waals surface area contributed by atoms with Gasteiger partial charge in [-0.05, 0) is 29.4 Å². The predicted molar refractivity (Wildman–Crippen MR) is 90.3 cm³/mol. The summed E-state index contributed by atoms with van der Waals surface area (Å²) < 4.78 is 0. The van der Waals surface area contributed by atoms with Gasteiger partial charge >= 0.3 is 0 Å². The van der Waals surface area contributed by atoms with Crippen molar-refractivity contribution in [1.82, 2.24) is 0 Å². The lowest BCUT2D eigenvalue weighted by molar-refractivity contribution is 0.739. The molecular weight excluding hydrogens is 256 g/mol. The van der Waals surface area contributed by atoms with Gasteiger partial charge < -0.3 is 0 Å². The molecule has 0 aromatic heterocycles. The summed E-state index contributed by atoms with van der Waals surface area (Å²) in [5, 5.41) is 1.60. The summed E-state index contributed by atoms with van der Waals surface area (Å²) in [5.41, 5.74) is 2.39. The molecule has 0 amide bonds. The third kappa shape index (κ3) is 2.47. The first-order valence-corrected chi connectivity index (χ1v) is 10.8. The van der Waals surface area contributed by atoms with Crippen LogP contribution in [0.1, 0.15) is 24.8 Å². The Kier molecular flexibility index (Phi) is 3.55. The maximum Gasteiger partial charge on any atom is 0.0837 e. The quantitative estimate of drug-likeness (QED) is 0.706. The van der Waals surface area contributed by atoms with Crippen LogP contribution in [0.3, 0.4) is 0 Å². The molecule has 0 bridgehead atoms. The van der Waals surface area contributed by atoms with Gasteiger partial charge in [-0.3, -0.25) is 0 Å². The Hall–Kier alpha value is -1.34. The fraction of sp³-hybridized carbons (Fsp3) is 0.368. The minimum Gasteiger partial charge on any atom is -0.0652 e. The average Bonchev–Trinajstić information content (AvgIpc) is 3.28. The smallest absolute Gasteiger partial charge is 0.0652 e. The third-order valence-corrected chi connectivity index (χ3v) is 9.89. The molecule has 3 atom stereocenters. The van der Waals surface area contributed by atoms with Crippen LogP contribution in [-0.2, 0) is 0 Å². The minimum atomic E-state index is -1.36. The molecule has 1 unspecified atom stereocenters. The number of benzene rings is 2. The highest BCUT2D eigenvalue weighted by atomic mass is 28.3. The van der Waals surface area contributed by atoms with E-state index in [-0.39, 0.29) is 0 Å². The molecule has 0 radical (unpaired) electrons. The number of hydrogen-bond donors (Lipinski definition) is 0. The van der Waals surface area contributed by atoms with Gasteiger partial charge in [0.25, 0.3) is 0 Å². The van der Waals surface area contributed by atoms with Gasteiger partial charge in [0.15, 0.2) is 0 Å². The summed E-state index contributed by atoms with van der Waals surface area (Å²) in [5.74, 6) is 1.70. The molecule has 0 N–H and O–H groups in total. The Bertz CT molecular complexity index is 559. The summed E-state index contributed by atoms with van der Waals surface area (Å²) in [7, 11) is -1.36. The predicted octanol–water partition coefficient (Wildman–Crippen LogP) is 4.80. The van der Waals surface area contributed by atoms with Gasteiger partial charge in [-0.1, -0.05) is 85.9 Å². The highest BCUT2D eigenvalue weighted by molar-refractivity contribution is 6.91. The molecule has 3 rings (SSSR count). The first kappa shape index (κ1) is 13.6. The molecule has 0 spiro atoms. The van der Waals surface area contributed by atoms with Gasteiger partial charge in [-0.25, -0.2) is 0 Å². The van der Waals surface area contributed by atoms with Crippen molar-refractivity contribution in [3.8, 4) is 0 Å². The van der Waals surface area contributed by atoms with E-state index in [9.17, 15) is 0 Å². The molecule has 20 heavy (non-hydrogen) atoms. The van der Waals surface area contributed by atoms with Crippen LogP contribution in [0.25, 0.3) is 0 Å². The maximum atomic E-state index is 2.54. The SMILES string of the molecule is CC([C@H]1C[C@@H]1c1ccccc1)[Si](C)(C)c1ccccc1. The van der Waals surface area contributed by atoms with E-state index in [1.54, 1.807) is 10.8 Å². The van der Waals surface area contributed by atoms with E-state index < -0.39 is 8.07 Å². The van der Waals surface area contributed by atoms with Crippen LogP contribution in [-0.4, -0.2) is 8.07 Å². The Labute approximate surface area is 123 Å². The first-order valence-electron chi connectivity index (χ1n) is 7.71. The molecular formula is C19H24Si. The van der Waals surface area contributed by atoms with Crippen LogP contribution in [0.4, 0.5) is 0 Å². The summed E-state index contributed by atoms with van der Waals surface area (Å²) in [6.07, 6.45) is 1.38. The lowest BCUT2D eigenvalue weighted by Gasteiger charge is -2.31. The van der Waals surface area contributed by atoms with Crippen molar-refractivity contribution in [1.29, 1.82) is 0 Å². The van der Waals surface area contributed by atoms with Crippen molar-refractivity contribution in [3.63, 3.8) is 0 Å². The summed E-state index contributed by atoms with van der Waals surface area (Å²) >= 11 is 0. The Balaban J connectivity index is 1.76. The van der Waals surface area contributed by atoms with Crippen LogP contribution in [0.2, 0.25) is 18.6 Å². The summed E-state index contributed by atoms with van der Waals surface area (Å²) in [6, 6.07) is 22.3. The topological polar surface area (TPSA) is 0 Å². The zero-order valence-corrected chi connectivity index (χ0v) is 13.7. The van der Waals surface area contributed by atoms with E-state index in [1.807, 2.05) is 0 Å². The van der Waals surface area contributed by atoms with Crippen LogP contribution >= 0.6 is 0 Å². The molecule has 0 nitrogen and oxygen atoms in total. The van der Waals surface area contributed by atoms with Gasteiger partial charge in [0.2, 0.25) is 0 Å². The van der Waals surface area contributed by atoms with Crippen LogP contribution in [0.15, 0.2) is 60.7 Å². The largest absolute Gasteiger partial charge is 0.0837 e. The fourth-order valence-electron chi connectivity index (χ4n) is 3.52. The molecule has 104 valence electrons. The molecule has 0 aliphatic heterocycles. The molecule has 1 aliphatic carbocycles. The number of rotatable bonds is 4. The normalized spacial score (nSPS) is 23.4. The monoisotopic (exact) mass is 280 g/mol. The molecule has 0 saturated heterocycles. The molecule has 1 saturated carbocycles. The summed E-state index contributed by atoms with van der Waals surface area (Å²) in [4.78, 5) is 0. The molecule has 1 aliphatic rings. The maximum absolute atomic E-state index is 2.54. The van der Waals surface area contributed by atoms with Crippen LogP contribution in [0, 0.1) is 5.92 Å². The van der Waals surface area contributed by atoms with Gasteiger partial charge in [-0.2, -0.15) is 0 Å². The van der Waals surface area contributed by atoms with E-state index in [0.29, 0.717) is 0 Å². The number of hydrogen-bond acceptors (Lipinski definition) is 0. The zero-order chi connectivity index (χ0) is 14.2. The third-order valence-electron chi connectivity index (χ3n) is 5.37. The molecule has 0 heterocycles. The second-order valence-electron chi connectivity index (χ2n) is 6.79. The molecule has 2 aromatic rings. The van der Waals surface area contributed by atoms with E-state index in [1.165, 1.54) is 6.42 Å². The Morgan fingerprint density at radius 3 is 2.05 bits per heavy atom. The highest BCUT2D eigenvalue weighted by Crippen LogP contribution is 2.56. The lowest BCUT2D eigenvalue weighted by atomic mass is 10.1. The first-order chi connectivity index (χ1) is 9.60. The van der Waals surface area contributed by atoms with Gasteiger partial charge in [-0.15, -0.1) is 0 Å². The molecule has 1 heteroatoms. The lowest BCUT2D eigenvalue weighted by Crippen LogP contribution is -2.45. The fourth-order valence-corrected chi connectivity index (χ4v) is 6.53. The highest BCUT2D eigenvalue weighted by Gasteiger charge is 2.48. The average molecular weight is 280 g/mol. The second-order valence-corrected chi connectivity index (χ2v) is 11.7. The Morgan fingerprint density at radius 1 is 0.900 bits per heavy atom. The standard InChI is InChI=1S/C19H24Si/c1-15(20(2,3)17-12-8-5-9-13-17)18-14-19(18)16-10-6-4-7-11-16/h4-13,15,18-19H,14H2,1-3H3/t15?,18-,19-/m1/s1. The van der Waals surface area contributed by atoms with E-state index in [4.69, 9.17) is 0 Å². The van der Waals surface area contributed by atoms with Crippen molar-refractivity contribution in [2.75, 3.05) is 0 Å². The summed E-state index contributed by atoms with van der Waals surface area (Å²) in [6.45, 7) is 7.56. The van der Waals surface area contributed by atoms with Crippen LogP contribution < -0.4 is 5.19 Å². The van der Waals surface area contributed by atoms with Crippen molar-refractivity contribution in [3.05, 3.63) is 66.2 Å². The minimum absolute atomic E-state index is 0.807. The van der Waals surface area contributed by atoms with Crippen molar-refractivity contribution >= 4 is 13.3 Å². The van der Waals surface area contributed by atoms with Gasteiger partial charge in [0.05, 0.1) is 8.07 Å². The van der Waals surface area contributed by atoms with Gasteiger partial charge in [0.1, 0.15) is 0 Å². The molecule has 2 aromatic carbocycles. The second kappa shape index (κ2) is 5.21. The van der Waals surface area contributed by atoms with Gasteiger partial charge in [0, 0.05) is 0 Å². The Morgan fingerprint density at radius 2 is 1.45 bits per heavy atom.